The van der Waals surface area contributed by atoms with Gasteiger partial charge in [-0.3, -0.25) is 0 Å². The molecular formula is C25H22O6. The number of carboxylic acid groups (broad SMARTS) is 1. The van der Waals surface area contributed by atoms with Crippen LogP contribution in [0.2, 0.25) is 0 Å². The van der Waals surface area contributed by atoms with Crippen LogP contribution in [0.4, 0.5) is 0 Å². The number of carboxylic acids is 1. The number of aromatic carboxylic acids is 1. The Labute approximate surface area is 180 Å². The number of carbonyl (C=O) groups excluding carboxylic acids is 1. The van der Waals surface area contributed by atoms with Crippen molar-refractivity contribution in [2.75, 3.05) is 0 Å². The number of hydrogen-bond acceptors (Lipinski definition) is 5. The molecule has 4 rings (SSSR count). The van der Waals surface area contributed by atoms with E-state index in [2.05, 4.69) is 0 Å². The van der Waals surface area contributed by atoms with Gasteiger partial charge in [0.05, 0.1) is 11.1 Å². The molecule has 31 heavy (non-hydrogen) atoms. The van der Waals surface area contributed by atoms with Gasteiger partial charge in [-0.2, -0.15) is 0 Å². The van der Waals surface area contributed by atoms with E-state index in [4.69, 9.17) is 14.2 Å². The van der Waals surface area contributed by atoms with E-state index in [1.54, 1.807) is 20.8 Å². The summed E-state index contributed by atoms with van der Waals surface area (Å²) in [5, 5.41) is 9.70. The van der Waals surface area contributed by atoms with Gasteiger partial charge in [0.2, 0.25) is 0 Å². The first-order valence-corrected chi connectivity index (χ1v) is 9.83. The smallest absolute Gasteiger partial charge is 0.339 e. The summed E-state index contributed by atoms with van der Waals surface area (Å²) in [6, 6.07) is 21.4. The van der Waals surface area contributed by atoms with Gasteiger partial charge in [-0.15, -0.1) is 0 Å². The topological polar surface area (TPSA) is 82.1 Å². The lowest BCUT2D eigenvalue weighted by Gasteiger charge is -2.28. The molecule has 0 atom stereocenters. The summed E-state index contributed by atoms with van der Waals surface area (Å²) in [4.78, 5) is 24.6. The zero-order valence-corrected chi connectivity index (χ0v) is 17.4. The SMILES string of the molecule is CC(C)(C)OC(=O)c1cc2c(cc1C(=O)O)OC(c1ccccc1)(c1ccccc1)O2. The quantitative estimate of drug-likeness (QED) is 0.600. The zero-order chi connectivity index (χ0) is 22.2. The molecule has 0 radical (unpaired) electrons. The van der Waals surface area contributed by atoms with Gasteiger partial charge in [0.15, 0.2) is 11.5 Å². The molecule has 6 heteroatoms. The van der Waals surface area contributed by atoms with Crippen LogP contribution in [0.1, 0.15) is 52.6 Å². The maximum absolute atomic E-state index is 12.7. The Morgan fingerprint density at radius 3 is 1.68 bits per heavy atom. The lowest BCUT2D eigenvalue weighted by atomic mass is 9.97. The lowest BCUT2D eigenvalue weighted by Crippen LogP contribution is -2.36. The molecule has 0 amide bonds. The Bertz CT molecular complexity index is 1090. The van der Waals surface area contributed by atoms with Gasteiger partial charge >= 0.3 is 17.7 Å². The molecule has 158 valence electrons. The first kappa shape index (κ1) is 20.5. The minimum Gasteiger partial charge on any atom is -0.478 e. The minimum absolute atomic E-state index is 0.0956. The molecule has 0 saturated carbocycles. The van der Waals surface area contributed by atoms with Crippen LogP contribution in [0.3, 0.4) is 0 Å². The first-order valence-electron chi connectivity index (χ1n) is 9.83. The Kier molecular flexibility index (Phi) is 4.93. The summed E-state index contributed by atoms with van der Waals surface area (Å²) >= 11 is 0. The van der Waals surface area contributed by atoms with Crippen LogP contribution in [0, 0.1) is 0 Å². The Morgan fingerprint density at radius 1 is 0.806 bits per heavy atom. The number of rotatable bonds is 4. The number of esters is 1. The molecule has 1 aliphatic heterocycles. The second kappa shape index (κ2) is 7.47. The maximum Gasteiger partial charge on any atom is 0.339 e. The fourth-order valence-electron chi connectivity index (χ4n) is 3.45. The van der Waals surface area contributed by atoms with Crippen molar-refractivity contribution >= 4 is 11.9 Å². The van der Waals surface area contributed by atoms with E-state index >= 15 is 0 Å². The van der Waals surface area contributed by atoms with Crippen LogP contribution in [0.5, 0.6) is 11.5 Å². The molecule has 6 nitrogen and oxygen atoms in total. The van der Waals surface area contributed by atoms with Crippen LogP contribution in [0.25, 0.3) is 0 Å². The van der Waals surface area contributed by atoms with Crippen molar-refractivity contribution < 1.29 is 28.9 Å². The van der Waals surface area contributed by atoms with Gasteiger partial charge in [-0.25, -0.2) is 9.59 Å². The van der Waals surface area contributed by atoms with E-state index in [1.165, 1.54) is 12.1 Å². The highest BCUT2D eigenvalue weighted by molar-refractivity contribution is 6.03. The van der Waals surface area contributed by atoms with Gasteiger partial charge in [0.25, 0.3) is 0 Å². The minimum atomic E-state index is -1.31. The van der Waals surface area contributed by atoms with E-state index in [0.717, 1.165) is 11.1 Å². The molecule has 0 fully saturated rings. The van der Waals surface area contributed by atoms with Crippen molar-refractivity contribution in [3.8, 4) is 11.5 Å². The molecule has 3 aromatic rings. The monoisotopic (exact) mass is 418 g/mol. The number of fused-ring (bicyclic) bond motifs is 1. The van der Waals surface area contributed by atoms with Crippen LogP contribution in [-0.2, 0) is 10.5 Å². The van der Waals surface area contributed by atoms with Gasteiger partial charge in [-0.05, 0) is 32.9 Å². The summed E-state index contributed by atoms with van der Waals surface area (Å²) in [7, 11) is 0. The lowest BCUT2D eigenvalue weighted by molar-refractivity contribution is -0.0459. The summed E-state index contributed by atoms with van der Waals surface area (Å²) in [5.41, 5.74) is 0.373. The summed E-state index contributed by atoms with van der Waals surface area (Å²) in [5.74, 6) is -2.82. The van der Waals surface area contributed by atoms with Crippen molar-refractivity contribution in [1.82, 2.24) is 0 Å². The predicted octanol–water partition coefficient (Wildman–Crippen LogP) is 5.01. The van der Waals surface area contributed by atoms with Gasteiger partial charge in [0.1, 0.15) is 5.60 Å². The third kappa shape index (κ3) is 3.84. The van der Waals surface area contributed by atoms with E-state index < -0.39 is 23.3 Å². The van der Waals surface area contributed by atoms with Gasteiger partial charge in [0, 0.05) is 11.1 Å². The third-order valence-electron chi connectivity index (χ3n) is 4.75. The first-order chi connectivity index (χ1) is 14.7. The number of ether oxygens (including phenoxy) is 3. The van der Waals surface area contributed by atoms with Gasteiger partial charge in [-0.1, -0.05) is 60.7 Å². The van der Waals surface area contributed by atoms with Gasteiger partial charge < -0.3 is 19.3 Å². The number of hydrogen-bond donors (Lipinski definition) is 1. The number of benzene rings is 3. The summed E-state index contributed by atoms with van der Waals surface area (Å²) < 4.78 is 18.0. The number of carbonyl (C=O) groups is 2. The Balaban J connectivity index is 1.84. The molecule has 1 N–H and O–H groups in total. The molecule has 1 aliphatic rings. The molecule has 3 aromatic carbocycles. The predicted molar refractivity (Wildman–Crippen MR) is 113 cm³/mol. The average molecular weight is 418 g/mol. The van der Waals surface area contributed by atoms with Crippen molar-refractivity contribution in [2.45, 2.75) is 32.2 Å². The standard InChI is InChI=1S/C25H22O6/c1-24(2,3)31-23(28)19-15-21-20(14-18(19)22(26)27)29-25(30-21,16-10-6-4-7-11-16)17-12-8-5-9-13-17/h4-15H,1-3H3,(H,26,27). The fourth-order valence-corrected chi connectivity index (χ4v) is 3.45. The molecule has 0 aliphatic carbocycles. The molecule has 0 aromatic heterocycles. The van der Waals surface area contributed by atoms with Crippen LogP contribution in [-0.4, -0.2) is 22.6 Å². The van der Waals surface area contributed by atoms with Crippen molar-refractivity contribution in [3.63, 3.8) is 0 Å². The second-order valence-electron chi connectivity index (χ2n) is 8.20. The molecule has 0 spiro atoms. The Morgan fingerprint density at radius 2 is 1.26 bits per heavy atom. The fraction of sp³-hybridized carbons (Fsp3) is 0.200. The van der Waals surface area contributed by atoms with E-state index in [1.807, 2.05) is 60.7 Å². The van der Waals surface area contributed by atoms with Crippen LogP contribution < -0.4 is 9.47 Å². The molecule has 0 unspecified atom stereocenters. The highest BCUT2D eigenvalue weighted by Crippen LogP contribution is 2.48. The highest BCUT2D eigenvalue weighted by atomic mass is 16.7. The molecule has 1 heterocycles. The van der Waals surface area contributed by atoms with Crippen LogP contribution in [0.15, 0.2) is 72.8 Å². The average Bonchev–Trinajstić information content (AvgIpc) is 3.13. The second-order valence-corrected chi connectivity index (χ2v) is 8.20. The highest BCUT2D eigenvalue weighted by Gasteiger charge is 2.46. The van der Waals surface area contributed by atoms with Crippen LogP contribution >= 0.6 is 0 Å². The largest absolute Gasteiger partial charge is 0.478 e. The van der Waals surface area contributed by atoms with Crippen molar-refractivity contribution in [2.24, 2.45) is 0 Å². The zero-order valence-electron chi connectivity index (χ0n) is 17.4. The van der Waals surface area contributed by atoms with Crippen molar-refractivity contribution in [3.05, 3.63) is 95.1 Å². The normalized spacial score (nSPS) is 14.2. The maximum atomic E-state index is 12.7. The summed E-state index contributed by atoms with van der Waals surface area (Å²) in [6.45, 7) is 5.15. The van der Waals surface area contributed by atoms with E-state index in [9.17, 15) is 14.7 Å². The van der Waals surface area contributed by atoms with E-state index in [0.29, 0.717) is 0 Å². The molecular weight excluding hydrogens is 396 g/mol. The van der Waals surface area contributed by atoms with Crippen molar-refractivity contribution in [1.29, 1.82) is 0 Å². The molecule has 0 saturated heterocycles. The Hall–Kier alpha value is -3.80. The van der Waals surface area contributed by atoms with E-state index in [-0.39, 0.29) is 22.6 Å². The molecule has 0 bridgehead atoms. The third-order valence-corrected chi connectivity index (χ3v) is 4.75. The summed E-state index contributed by atoms with van der Waals surface area (Å²) in [6.07, 6.45) is 0.